The van der Waals surface area contributed by atoms with Crippen LogP contribution in [0.3, 0.4) is 0 Å². The Balaban J connectivity index is 2.61. The van der Waals surface area contributed by atoms with E-state index in [0.717, 1.165) is 25.7 Å². The maximum Gasteiger partial charge on any atom is 0.140 e. The van der Waals surface area contributed by atoms with E-state index in [1.807, 2.05) is 6.92 Å². The van der Waals surface area contributed by atoms with Crippen molar-refractivity contribution in [1.82, 2.24) is 0 Å². The molecule has 0 aliphatic carbocycles. The Morgan fingerprint density at radius 1 is 1.29 bits per heavy atom. The molecule has 0 heterocycles. The zero-order chi connectivity index (χ0) is 12.7. The summed E-state index contributed by atoms with van der Waals surface area (Å²) in [4.78, 5) is 12.0. The highest BCUT2D eigenvalue weighted by Gasteiger charge is 2.17. The van der Waals surface area contributed by atoms with Gasteiger partial charge < -0.3 is 0 Å². The van der Waals surface area contributed by atoms with Crippen LogP contribution >= 0.6 is 0 Å². The van der Waals surface area contributed by atoms with Gasteiger partial charge in [0.05, 0.1) is 0 Å². The highest BCUT2D eigenvalue weighted by molar-refractivity contribution is 5.83. The molecule has 0 saturated carbocycles. The summed E-state index contributed by atoms with van der Waals surface area (Å²) in [6.07, 6.45) is 4.19. The molecule has 1 atom stereocenters. The van der Waals surface area contributed by atoms with Crippen LogP contribution in [-0.4, -0.2) is 5.78 Å². The molecule has 0 bridgehead atoms. The van der Waals surface area contributed by atoms with Crippen LogP contribution in [0, 0.1) is 11.7 Å². The molecule has 0 N–H and O–H groups in total. The van der Waals surface area contributed by atoms with Gasteiger partial charge in [0.1, 0.15) is 11.6 Å². The third-order valence-electron chi connectivity index (χ3n) is 3.18. The minimum absolute atomic E-state index is 0.0922. The van der Waals surface area contributed by atoms with Gasteiger partial charge in [0, 0.05) is 12.3 Å². The standard InChI is InChI=1S/C15H21FO/c1-3-5-8-12(4-2)15(17)11-13-9-6-7-10-14(13)16/h6-7,9-10,12H,3-5,8,11H2,1-2H3. The first-order chi connectivity index (χ1) is 8.19. The Morgan fingerprint density at radius 2 is 2.00 bits per heavy atom. The van der Waals surface area contributed by atoms with Crippen molar-refractivity contribution in [2.75, 3.05) is 0 Å². The van der Waals surface area contributed by atoms with E-state index in [4.69, 9.17) is 0 Å². The van der Waals surface area contributed by atoms with Crippen LogP contribution in [-0.2, 0) is 11.2 Å². The molecule has 1 aromatic carbocycles. The molecule has 0 spiro atoms. The average Bonchev–Trinajstić information content (AvgIpc) is 2.33. The normalized spacial score (nSPS) is 12.4. The molecule has 1 rings (SSSR count). The lowest BCUT2D eigenvalue weighted by Crippen LogP contribution is -2.16. The monoisotopic (exact) mass is 236 g/mol. The second-order valence-corrected chi connectivity index (χ2v) is 4.48. The Hall–Kier alpha value is -1.18. The number of carbonyl (C=O) groups excluding carboxylic acids is 1. The second kappa shape index (κ2) is 7.21. The van der Waals surface area contributed by atoms with E-state index in [1.54, 1.807) is 18.2 Å². The zero-order valence-electron chi connectivity index (χ0n) is 10.7. The van der Waals surface area contributed by atoms with Crippen molar-refractivity contribution in [3.05, 3.63) is 35.6 Å². The zero-order valence-corrected chi connectivity index (χ0v) is 10.7. The van der Waals surface area contributed by atoms with Gasteiger partial charge in [0.25, 0.3) is 0 Å². The predicted molar refractivity (Wildman–Crippen MR) is 68.4 cm³/mol. The van der Waals surface area contributed by atoms with Crippen LogP contribution in [0.15, 0.2) is 24.3 Å². The third-order valence-corrected chi connectivity index (χ3v) is 3.18. The third kappa shape index (κ3) is 4.29. The molecule has 0 fully saturated rings. The number of ketones is 1. The molecule has 0 saturated heterocycles. The lowest BCUT2D eigenvalue weighted by Gasteiger charge is -2.13. The molecular formula is C15H21FO. The topological polar surface area (TPSA) is 17.1 Å². The van der Waals surface area contributed by atoms with Crippen molar-refractivity contribution in [2.24, 2.45) is 5.92 Å². The Bertz CT molecular complexity index is 360. The van der Waals surface area contributed by atoms with Crippen LogP contribution in [0.25, 0.3) is 0 Å². The van der Waals surface area contributed by atoms with Crippen molar-refractivity contribution in [1.29, 1.82) is 0 Å². The Morgan fingerprint density at radius 3 is 2.59 bits per heavy atom. The lowest BCUT2D eigenvalue weighted by molar-refractivity contribution is -0.122. The molecule has 1 unspecified atom stereocenters. The molecule has 0 aromatic heterocycles. The summed E-state index contributed by atoms with van der Waals surface area (Å²) in [5.74, 6) is -0.00759. The molecule has 0 radical (unpaired) electrons. The number of hydrogen-bond acceptors (Lipinski definition) is 1. The van der Waals surface area contributed by atoms with E-state index in [1.165, 1.54) is 6.07 Å². The van der Waals surface area contributed by atoms with Crippen molar-refractivity contribution in [3.63, 3.8) is 0 Å². The fourth-order valence-corrected chi connectivity index (χ4v) is 2.02. The smallest absolute Gasteiger partial charge is 0.140 e. The number of rotatable bonds is 7. The quantitative estimate of drug-likeness (QED) is 0.695. The first-order valence-corrected chi connectivity index (χ1v) is 6.45. The number of Topliss-reactive ketones (excluding diaryl/α,β-unsaturated/α-hetero) is 1. The Labute approximate surface area is 103 Å². The fraction of sp³-hybridized carbons (Fsp3) is 0.533. The summed E-state index contributed by atoms with van der Waals surface area (Å²) in [6.45, 7) is 4.15. The molecule has 1 nitrogen and oxygen atoms in total. The van der Waals surface area contributed by atoms with Crippen molar-refractivity contribution < 1.29 is 9.18 Å². The number of hydrogen-bond donors (Lipinski definition) is 0. The van der Waals surface area contributed by atoms with Crippen LogP contribution in [0.4, 0.5) is 4.39 Å². The average molecular weight is 236 g/mol. The molecule has 0 aliphatic rings. The first-order valence-electron chi connectivity index (χ1n) is 6.45. The van der Waals surface area contributed by atoms with Gasteiger partial charge in [0.15, 0.2) is 0 Å². The van der Waals surface area contributed by atoms with Gasteiger partial charge in [-0.15, -0.1) is 0 Å². The summed E-state index contributed by atoms with van der Waals surface area (Å²) in [7, 11) is 0. The van der Waals surface area contributed by atoms with Crippen LogP contribution in [0.1, 0.15) is 45.1 Å². The number of halogens is 1. The summed E-state index contributed by atoms with van der Waals surface area (Å²) in [6, 6.07) is 6.53. The molecule has 0 amide bonds. The SMILES string of the molecule is CCCCC(CC)C(=O)Cc1ccccc1F. The fourth-order valence-electron chi connectivity index (χ4n) is 2.02. The first kappa shape index (κ1) is 13.9. The summed E-state index contributed by atoms with van der Waals surface area (Å²) < 4.78 is 13.4. The van der Waals surface area contributed by atoms with Gasteiger partial charge in [-0.1, -0.05) is 44.9 Å². The minimum Gasteiger partial charge on any atom is -0.299 e. The largest absolute Gasteiger partial charge is 0.299 e. The summed E-state index contributed by atoms with van der Waals surface area (Å²) in [5, 5.41) is 0. The highest BCUT2D eigenvalue weighted by Crippen LogP contribution is 2.17. The lowest BCUT2D eigenvalue weighted by atomic mass is 9.91. The van der Waals surface area contributed by atoms with Crippen molar-refractivity contribution in [2.45, 2.75) is 46.0 Å². The van der Waals surface area contributed by atoms with Gasteiger partial charge in [0.2, 0.25) is 0 Å². The van der Waals surface area contributed by atoms with Crippen molar-refractivity contribution in [3.8, 4) is 0 Å². The molecule has 94 valence electrons. The van der Waals surface area contributed by atoms with Crippen LogP contribution < -0.4 is 0 Å². The van der Waals surface area contributed by atoms with Gasteiger partial charge in [-0.05, 0) is 24.5 Å². The van der Waals surface area contributed by atoms with Gasteiger partial charge >= 0.3 is 0 Å². The number of carbonyl (C=O) groups is 1. The number of benzene rings is 1. The van der Waals surface area contributed by atoms with Crippen molar-refractivity contribution >= 4 is 5.78 Å². The molecule has 2 heteroatoms. The van der Waals surface area contributed by atoms with Crippen LogP contribution in [0.5, 0.6) is 0 Å². The maximum absolute atomic E-state index is 13.4. The molecule has 0 aliphatic heterocycles. The molecule has 17 heavy (non-hydrogen) atoms. The molecule has 1 aromatic rings. The number of unbranched alkanes of at least 4 members (excludes halogenated alkanes) is 1. The highest BCUT2D eigenvalue weighted by atomic mass is 19.1. The molecular weight excluding hydrogens is 215 g/mol. The van der Waals surface area contributed by atoms with E-state index in [-0.39, 0.29) is 23.9 Å². The van der Waals surface area contributed by atoms with Gasteiger partial charge in [-0.3, -0.25) is 4.79 Å². The minimum atomic E-state index is -0.272. The maximum atomic E-state index is 13.4. The van der Waals surface area contributed by atoms with E-state index < -0.39 is 0 Å². The van der Waals surface area contributed by atoms with E-state index in [2.05, 4.69) is 6.92 Å². The van der Waals surface area contributed by atoms with E-state index >= 15 is 0 Å². The predicted octanol–water partition coefficient (Wildman–Crippen LogP) is 4.15. The Kier molecular flexibility index (Phi) is 5.88. The summed E-state index contributed by atoms with van der Waals surface area (Å²) in [5.41, 5.74) is 0.521. The van der Waals surface area contributed by atoms with E-state index in [9.17, 15) is 9.18 Å². The second-order valence-electron chi connectivity index (χ2n) is 4.48. The van der Waals surface area contributed by atoms with E-state index in [0.29, 0.717) is 5.56 Å². The van der Waals surface area contributed by atoms with Gasteiger partial charge in [-0.25, -0.2) is 4.39 Å². The van der Waals surface area contributed by atoms with Gasteiger partial charge in [-0.2, -0.15) is 0 Å². The van der Waals surface area contributed by atoms with Crippen LogP contribution in [0.2, 0.25) is 0 Å². The summed E-state index contributed by atoms with van der Waals surface area (Å²) >= 11 is 0.